The zero-order valence-corrected chi connectivity index (χ0v) is 23.2. The lowest BCUT2D eigenvalue weighted by atomic mass is 10.0. The predicted octanol–water partition coefficient (Wildman–Crippen LogP) is -2.63. The second-order valence-corrected chi connectivity index (χ2v) is 9.74. The molecule has 1 aromatic heterocycles. The van der Waals surface area contributed by atoms with Crippen molar-refractivity contribution >= 4 is 52.4 Å². The van der Waals surface area contributed by atoms with Crippen molar-refractivity contribution in [3.05, 3.63) is 36.0 Å². The fourth-order valence-electron chi connectivity index (χ4n) is 4.16. The van der Waals surface area contributed by atoms with Gasteiger partial charge in [0, 0.05) is 30.1 Å². The van der Waals surface area contributed by atoms with Gasteiger partial charge in [-0.15, -0.1) is 0 Å². The van der Waals surface area contributed by atoms with E-state index < -0.39 is 72.6 Å². The molecule has 0 radical (unpaired) electrons. The van der Waals surface area contributed by atoms with Crippen LogP contribution >= 0.6 is 0 Å². The first-order valence-electron chi connectivity index (χ1n) is 13.3. The van der Waals surface area contributed by atoms with Crippen LogP contribution in [0.3, 0.4) is 0 Å². The summed E-state index contributed by atoms with van der Waals surface area (Å²) in [4.78, 5) is 80.3. The molecule has 0 saturated carbocycles. The third-order valence-electron chi connectivity index (χ3n) is 6.33. The summed E-state index contributed by atoms with van der Waals surface area (Å²) in [5.74, 6) is -6.64. The SMILES string of the molecule is NC(=O)CC(NC(=O)C(CCC(=O)O)NC(=O)C(N)Cc1c[nH]c2ccccc12)C(=O)NC(CCCN=C(N)N)C(=O)O. The number of aromatic amines is 1. The molecule has 0 spiro atoms. The number of nitrogens with one attached hydrogen (secondary N) is 4. The maximum atomic E-state index is 13.1. The molecule has 2 rings (SSSR count). The van der Waals surface area contributed by atoms with Crippen molar-refractivity contribution in [1.29, 1.82) is 0 Å². The minimum Gasteiger partial charge on any atom is -0.481 e. The molecule has 17 nitrogen and oxygen atoms in total. The van der Waals surface area contributed by atoms with Crippen LogP contribution in [0.15, 0.2) is 35.5 Å². The van der Waals surface area contributed by atoms with Crippen LogP contribution in [0, 0.1) is 0 Å². The van der Waals surface area contributed by atoms with E-state index in [-0.39, 0.29) is 38.2 Å². The number of fused-ring (bicyclic) bond motifs is 1. The van der Waals surface area contributed by atoms with Gasteiger partial charge in [0.15, 0.2) is 5.96 Å². The van der Waals surface area contributed by atoms with Gasteiger partial charge < -0.3 is 54.1 Å². The lowest BCUT2D eigenvalue weighted by molar-refractivity contribution is -0.142. The molecule has 17 heteroatoms. The van der Waals surface area contributed by atoms with E-state index in [0.29, 0.717) is 0 Å². The van der Waals surface area contributed by atoms with Gasteiger partial charge in [0.2, 0.25) is 23.6 Å². The largest absolute Gasteiger partial charge is 0.481 e. The Hall–Kier alpha value is -5.19. The number of carboxylic acid groups (broad SMARTS) is 2. The van der Waals surface area contributed by atoms with Gasteiger partial charge in [-0.3, -0.25) is 29.0 Å². The number of benzene rings is 1. The van der Waals surface area contributed by atoms with Gasteiger partial charge in [-0.1, -0.05) is 18.2 Å². The van der Waals surface area contributed by atoms with Gasteiger partial charge in [-0.25, -0.2) is 4.79 Å². The van der Waals surface area contributed by atoms with Crippen LogP contribution in [-0.2, 0) is 35.2 Å². The Kier molecular flexibility index (Phi) is 12.9. The van der Waals surface area contributed by atoms with E-state index in [9.17, 15) is 33.9 Å². The number of amides is 4. The van der Waals surface area contributed by atoms with Gasteiger partial charge >= 0.3 is 11.9 Å². The fraction of sp³-hybridized carbons (Fsp3) is 0.423. The number of hydrogen-bond donors (Lipinski definition) is 10. The van der Waals surface area contributed by atoms with Crippen molar-refractivity contribution in [2.24, 2.45) is 27.9 Å². The van der Waals surface area contributed by atoms with Crippen molar-refractivity contribution in [2.45, 2.75) is 62.7 Å². The van der Waals surface area contributed by atoms with E-state index in [1.54, 1.807) is 6.20 Å². The topological polar surface area (TPSA) is 311 Å². The molecule has 0 aliphatic carbocycles. The molecule has 14 N–H and O–H groups in total. The molecule has 1 aromatic carbocycles. The summed E-state index contributed by atoms with van der Waals surface area (Å²) in [7, 11) is 0. The number of H-pyrrole nitrogens is 1. The lowest BCUT2D eigenvalue weighted by Crippen LogP contribution is -2.58. The summed E-state index contributed by atoms with van der Waals surface area (Å²) >= 11 is 0. The van der Waals surface area contributed by atoms with Crippen LogP contribution in [0.1, 0.15) is 37.7 Å². The average Bonchev–Trinajstić information content (AvgIpc) is 3.33. The molecular weight excluding hydrogens is 566 g/mol. The Morgan fingerprint density at radius 1 is 0.860 bits per heavy atom. The molecule has 4 unspecified atom stereocenters. The molecule has 0 aliphatic heterocycles. The number of para-hydroxylation sites is 1. The summed E-state index contributed by atoms with van der Waals surface area (Å²) in [6.45, 7) is 0.0941. The van der Waals surface area contributed by atoms with Crippen LogP contribution in [0.4, 0.5) is 0 Å². The molecule has 1 heterocycles. The molecule has 43 heavy (non-hydrogen) atoms. The molecule has 0 saturated heterocycles. The van der Waals surface area contributed by atoms with E-state index in [1.165, 1.54) is 0 Å². The molecule has 4 amide bonds. The quantitative estimate of drug-likeness (QED) is 0.0477. The molecule has 0 fully saturated rings. The normalized spacial score (nSPS) is 13.6. The van der Waals surface area contributed by atoms with Crippen LogP contribution in [-0.4, -0.2) is 87.4 Å². The van der Waals surface area contributed by atoms with Crippen LogP contribution in [0.2, 0.25) is 0 Å². The molecule has 0 bridgehead atoms. The second-order valence-electron chi connectivity index (χ2n) is 9.74. The Labute approximate surface area is 245 Å². The summed E-state index contributed by atoms with van der Waals surface area (Å²) in [6, 6.07) is 1.71. The first kappa shape index (κ1) is 34.0. The highest BCUT2D eigenvalue weighted by atomic mass is 16.4. The molecule has 4 atom stereocenters. The monoisotopic (exact) mass is 603 g/mol. The maximum Gasteiger partial charge on any atom is 0.326 e. The fourth-order valence-corrected chi connectivity index (χ4v) is 4.16. The van der Waals surface area contributed by atoms with Crippen molar-refractivity contribution in [3.8, 4) is 0 Å². The standard InChI is InChI=1S/C26H37N9O8/c27-15(10-13-12-32-16-5-2-1-4-14(13)16)22(39)33-17(7-8-21(37)38)23(40)35-19(11-20(28)36)24(41)34-18(25(42)43)6-3-9-31-26(29)30/h1-2,4-5,12,15,17-19,32H,3,6-11,27H2,(H2,28,36)(H,33,39)(H,34,41)(H,35,40)(H,37,38)(H,42,43)(H4,29,30,31). The van der Waals surface area contributed by atoms with Crippen molar-refractivity contribution < 1.29 is 39.0 Å². The number of nitrogens with zero attached hydrogens (tertiary/aromatic N) is 1. The number of carbonyl (C=O) groups excluding carboxylic acids is 4. The zero-order valence-electron chi connectivity index (χ0n) is 23.2. The molecule has 2 aromatic rings. The number of carbonyl (C=O) groups is 6. The number of hydrogen-bond acceptors (Lipinski definition) is 8. The van der Waals surface area contributed by atoms with E-state index in [4.69, 9.17) is 28.0 Å². The van der Waals surface area contributed by atoms with Gasteiger partial charge in [0.25, 0.3) is 0 Å². The number of primary amides is 1. The number of nitrogens with two attached hydrogens (primary N) is 4. The number of aromatic nitrogens is 1. The van der Waals surface area contributed by atoms with E-state index >= 15 is 0 Å². The summed E-state index contributed by atoms with van der Waals surface area (Å²) in [6.07, 6.45) is 0.280. The summed E-state index contributed by atoms with van der Waals surface area (Å²) in [5, 5.41) is 26.4. The van der Waals surface area contributed by atoms with Crippen LogP contribution < -0.4 is 38.9 Å². The van der Waals surface area contributed by atoms with Crippen molar-refractivity contribution in [2.75, 3.05) is 6.54 Å². The van der Waals surface area contributed by atoms with Gasteiger partial charge in [-0.05, 0) is 37.3 Å². The van der Waals surface area contributed by atoms with Crippen LogP contribution in [0.25, 0.3) is 10.9 Å². The number of rotatable bonds is 18. The summed E-state index contributed by atoms with van der Waals surface area (Å²) in [5.41, 5.74) is 23.4. The Bertz CT molecular complexity index is 1360. The average molecular weight is 604 g/mol. The minimum atomic E-state index is -1.63. The first-order valence-corrected chi connectivity index (χ1v) is 13.3. The number of guanidine groups is 1. The smallest absolute Gasteiger partial charge is 0.326 e. The second kappa shape index (κ2) is 16.3. The Morgan fingerprint density at radius 3 is 2.12 bits per heavy atom. The number of aliphatic carboxylic acids is 2. The van der Waals surface area contributed by atoms with E-state index in [0.717, 1.165) is 16.5 Å². The van der Waals surface area contributed by atoms with E-state index in [1.807, 2.05) is 24.3 Å². The Balaban J connectivity index is 2.13. The van der Waals surface area contributed by atoms with Gasteiger partial charge in [0.05, 0.1) is 12.5 Å². The highest BCUT2D eigenvalue weighted by molar-refractivity contribution is 5.96. The third-order valence-corrected chi connectivity index (χ3v) is 6.33. The van der Waals surface area contributed by atoms with Crippen molar-refractivity contribution in [3.63, 3.8) is 0 Å². The van der Waals surface area contributed by atoms with Crippen molar-refractivity contribution in [1.82, 2.24) is 20.9 Å². The third kappa shape index (κ3) is 11.3. The maximum absolute atomic E-state index is 13.1. The summed E-state index contributed by atoms with van der Waals surface area (Å²) < 4.78 is 0. The molecule has 234 valence electrons. The predicted molar refractivity (Wildman–Crippen MR) is 154 cm³/mol. The highest BCUT2D eigenvalue weighted by Crippen LogP contribution is 2.19. The van der Waals surface area contributed by atoms with Gasteiger partial charge in [-0.2, -0.15) is 0 Å². The zero-order chi connectivity index (χ0) is 32.1. The Morgan fingerprint density at radius 2 is 1.49 bits per heavy atom. The van der Waals surface area contributed by atoms with Crippen LogP contribution in [0.5, 0.6) is 0 Å². The highest BCUT2D eigenvalue weighted by Gasteiger charge is 2.31. The number of aliphatic imine (C=N–C) groups is 1. The molecule has 0 aliphatic rings. The lowest BCUT2D eigenvalue weighted by Gasteiger charge is -2.24. The first-order chi connectivity index (χ1) is 20.3. The molecular formula is C26H37N9O8. The minimum absolute atomic E-state index is 0.0826. The van der Waals surface area contributed by atoms with E-state index in [2.05, 4.69) is 25.9 Å². The van der Waals surface area contributed by atoms with Gasteiger partial charge in [0.1, 0.15) is 18.1 Å². The number of carboxylic acids is 2.